The summed E-state index contributed by atoms with van der Waals surface area (Å²) >= 11 is 0. The first-order valence-corrected chi connectivity index (χ1v) is 4.28. The first kappa shape index (κ1) is 10.7. The van der Waals surface area contributed by atoms with Gasteiger partial charge in [-0.1, -0.05) is 25.0 Å². The Morgan fingerprint density at radius 2 is 1.55 bits per heavy atom. The maximum atomic E-state index is 8.46. The molecule has 0 bridgehead atoms. The second kappa shape index (κ2) is 9.66. The Bertz CT molecular complexity index is 89.6. The highest BCUT2D eigenvalue weighted by atomic mass is 16.3. The van der Waals surface area contributed by atoms with Crippen molar-refractivity contribution in [1.29, 1.82) is 0 Å². The molecule has 0 radical (unpaired) electrons. The lowest BCUT2D eigenvalue weighted by atomic mass is 10.1. The smallest absolute Gasteiger partial charge is 0.0612 e. The van der Waals surface area contributed by atoms with Gasteiger partial charge in [-0.25, -0.2) is 0 Å². The van der Waals surface area contributed by atoms with Crippen molar-refractivity contribution in [2.24, 2.45) is 0 Å². The van der Waals surface area contributed by atoms with E-state index in [9.17, 15) is 0 Å². The zero-order valence-electron chi connectivity index (χ0n) is 7.00. The van der Waals surface area contributed by atoms with Gasteiger partial charge in [0, 0.05) is 6.61 Å². The lowest BCUT2D eigenvalue weighted by molar-refractivity contribution is 0.282. The minimum Gasteiger partial charge on any atom is -0.396 e. The van der Waals surface area contributed by atoms with Crippen LogP contribution >= 0.6 is 0 Å². The predicted molar refractivity (Wildman–Crippen MR) is 46.4 cm³/mol. The molecular formula is C9H18O2. The second-order valence-electron chi connectivity index (χ2n) is 2.58. The lowest BCUT2D eigenvalue weighted by Gasteiger charge is -1.95. The van der Waals surface area contributed by atoms with Crippen molar-refractivity contribution in [3.05, 3.63) is 12.2 Å². The number of hydrogen-bond acceptors (Lipinski definition) is 2. The van der Waals surface area contributed by atoms with E-state index in [1.165, 1.54) is 6.42 Å². The van der Waals surface area contributed by atoms with Crippen LogP contribution in [-0.4, -0.2) is 23.4 Å². The van der Waals surface area contributed by atoms with E-state index in [2.05, 4.69) is 0 Å². The van der Waals surface area contributed by atoms with Crippen molar-refractivity contribution in [1.82, 2.24) is 0 Å². The van der Waals surface area contributed by atoms with Gasteiger partial charge in [0.2, 0.25) is 0 Å². The summed E-state index contributed by atoms with van der Waals surface area (Å²) in [5, 5.41) is 16.8. The number of aliphatic hydroxyl groups excluding tert-OH is 2. The van der Waals surface area contributed by atoms with Gasteiger partial charge in [0.1, 0.15) is 0 Å². The Kier molecular flexibility index (Phi) is 9.36. The first-order chi connectivity index (χ1) is 5.41. The predicted octanol–water partition coefficient (Wildman–Crippen LogP) is 1.48. The largest absolute Gasteiger partial charge is 0.396 e. The normalized spacial score (nSPS) is 11.1. The highest BCUT2D eigenvalue weighted by Gasteiger charge is 1.85. The molecule has 2 nitrogen and oxygen atoms in total. The molecule has 0 aromatic rings. The summed E-state index contributed by atoms with van der Waals surface area (Å²) in [6.07, 6.45) is 9.19. The number of rotatable bonds is 7. The standard InChI is InChI=1S/C9H18O2/c10-8-6-4-2-1-3-5-7-9-11/h4,6,10-11H,1-3,5,7-9H2. The minimum atomic E-state index is 0.149. The summed E-state index contributed by atoms with van der Waals surface area (Å²) in [6.45, 7) is 0.461. The maximum absolute atomic E-state index is 8.46. The molecule has 0 atom stereocenters. The SMILES string of the molecule is OCC=CCCCCCCO. The Balaban J connectivity index is 2.85. The number of unbranched alkanes of at least 4 members (excludes halogenated alkanes) is 4. The summed E-state index contributed by atoms with van der Waals surface area (Å²) in [5.74, 6) is 0. The van der Waals surface area contributed by atoms with Crippen LogP contribution in [-0.2, 0) is 0 Å². The van der Waals surface area contributed by atoms with Gasteiger partial charge in [0.05, 0.1) is 6.61 Å². The Morgan fingerprint density at radius 3 is 2.18 bits per heavy atom. The molecule has 0 unspecified atom stereocenters. The molecule has 0 aliphatic heterocycles. The van der Waals surface area contributed by atoms with E-state index in [4.69, 9.17) is 10.2 Å². The molecule has 0 spiro atoms. The van der Waals surface area contributed by atoms with E-state index in [1.807, 2.05) is 6.08 Å². The molecule has 11 heavy (non-hydrogen) atoms. The van der Waals surface area contributed by atoms with Crippen LogP contribution in [0.2, 0.25) is 0 Å². The summed E-state index contributed by atoms with van der Waals surface area (Å²) < 4.78 is 0. The van der Waals surface area contributed by atoms with Crippen LogP contribution in [0.5, 0.6) is 0 Å². The van der Waals surface area contributed by atoms with Crippen LogP contribution < -0.4 is 0 Å². The fourth-order valence-corrected chi connectivity index (χ4v) is 0.920. The van der Waals surface area contributed by atoms with E-state index < -0.39 is 0 Å². The molecule has 2 heteroatoms. The zero-order valence-corrected chi connectivity index (χ0v) is 7.00. The zero-order chi connectivity index (χ0) is 8.36. The lowest BCUT2D eigenvalue weighted by Crippen LogP contribution is -1.82. The van der Waals surface area contributed by atoms with Crippen molar-refractivity contribution in [3.8, 4) is 0 Å². The number of hydrogen-bond donors (Lipinski definition) is 2. The molecule has 0 aliphatic carbocycles. The average Bonchev–Trinajstić information content (AvgIpc) is 2.03. The van der Waals surface area contributed by atoms with Gasteiger partial charge >= 0.3 is 0 Å². The molecular weight excluding hydrogens is 140 g/mol. The molecule has 0 fully saturated rings. The van der Waals surface area contributed by atoms with Crippen molar-refractivity contribution in [2.45, 2.75) is 32.1 Å². The van der Waals surface area contributed by atoms with Crippen LogP contribution in [0.25, 0.3) is 0 Å². The minimum absolute atomic E-state index is 0.149. The van der Waals surface area contributed by atoms with Crippen molar-refractivity contribution in [2.75, 3.05) is 13.2 Å². The van der Waals surface area contributed by atoms with Crippen LogP contribution in [0, 0.1) is 0 Å². The Labute approximate surface area is 68.6 Å². The van der Waals surface area contributed by atoms with Crippen LogP contribution in [0.1, 0.15) is 32.1 Å². The third kappa shape index (κ3) is 9.66. The highest BCUT2D eigenvalue weighted by molar-refractivity contribution is 4.80. The fourth-order valence-electron chi connectivity index (χ4n) is 0.920. The molecule has 0 saturated heterocycles. The number of aliphatic hydroxyl groups is 2. The molecule has 0 aliphatic rings. The van der Waals surface area contributed by atoms with E-state index in [-0.39, 0.29) is 6.61 Å². The summed E-state index contributed by atoms with van der Waals surface area (Å²) in [4.78, 5) is 0. The highest BCUT2D eigenvalue weighted by Crippen LogP contribution is 2.02. The van der Waals surface area contributed by atoms with Gasteiger partial charge in [0.15, 0.2) is 0 Å². The molecule has 0 heterocycles. The van der Waals surface area contributed by atoms with Crippen LogP contribution in [0.4, 0.5) is 0 Å². The average molecular weight is 158 g/mol. The van der Waals surface area contributed by atoms with Gasteiger partial charge in [-0.2, -0.15) is 0 Å². The van der Waals surface area contributed by atoms with Gasteiger partial charge in [0.25, 0.3) is 0 Å². The molecule has 0 amide bonds. The molecule has 0 rings (SSSR count). The fraction of sp³-hybridized carbons (Fsp3) is 0.778. The van der Waals surface area contributed by atoms with Gasteiger partial charge in [-0.3, -0.25) is 0 Å². The molecule has 0 aromatic heterocycles. The van der Waals surface area contributed by atoms with Crippen molar-refractivity contribution < 1.29 is 10.2 Å². The molecule has 0 aromatic carbocycles. The molecule has 0 saturated carbocycles. The number of allylic oxidation sites excluding steroid dienone is 1. The molecule has 66 valence electrons. The van der Waals surface area contributed by atoms with Crippen molar-refractivity contribution in [3.63, 3.8) is 0 Å². The third-order valence-corrected chi connectivity index (χ3v) is 1.55. The summed E-state index contributed by atoms with van der Waals surface area (Å²) in [6, 6.07) is 0. The van der Waals surface area contributed by atoms with E-state index in [0.29, 0.717) is 6.61 Å². The van der Waals surface area contributed by atoms with Crippen LogP contribution in [0.15, 0.2) is 12.2 Å². The van der Waals surface area contributed by atoms with Gasteiger partial charge in [-0.05, 0) is 19.3 Å². The van der Waals surface area contributed by atoms with E-state index in [0.717, 1.165) is 25.7 Å². The third-order valence-electron chi connectivity index (χ3n) is 1.55. The summed E-state index contributed by atoms with van der Waals surface area (Å²) in [7, 11) is 0. The topological polar surface area (TPSA) is 40.5 Å². The van der Waals surface area contributed by atoms with E-state index >= 15 is 0 Å². The second-order valence-corrected chi connectivity index (χ2v) is 2.58. The quantitative estimate of drug-likeness (QED) is 0.435. The molecule has 2 N–H and O–H groups in total. The van der Waals surface area contributed by atoms with Crippen LogP contribution in [0.3, 0.4) is 0 Å². The Morgan fingerprint density at radius 1 is 0.818 bits per heavy atom. The van der Waals surface area contributed by atoms with Gasteiger partial charge in [-0.15, -0.1) is 0 Å². The maximum Gasteiger partial charge on any atom is 0.0612 e. The van der Waals surface area contributed by atoms with Crippen molar-refractivity contribution >= 4 is 0 Å². The monoisotopic (exact) mass is 158 g/mol. The Hall–Kier alpha value is -0.340. The first-order valence-electron chi connectivity index (χ1n) is 4.28. The van der Waals surface area contributed by atoms with E-state index in [1.54, 1.807) is 6.08 Å². The summed E-state index contributed by atoms with van der Waals surface area (Å²) in [5.41, 5.74) is 0. The van der Waals surface area contributed by atoms with Gasteiger partial charge < -0.3 is 10.2 Å².